The van der Waals surface area contributed by atoms with E-state index in [1.807, 2.05) is 0 Å². The fourth-order valence-electron chi connectivity index (χ4n) is 3.54. The van der Waals surface area contributed by atoms with Gasteiger partial charge >= 0.3 is 6.18 Å². The molecule has 0 aliphatic carbocycles. The van der Waals surface area contributed by atoms with Crippen LogP contribution in [-0.4, -0.2) is 65.6 Å². The molecule has 0 unspecified atom stereocenters. The highest BCUT2D eigenvalue weighted by molar-refractivity contribution is 5.88. The Balaban J connectivity index is 1.67. The van der Waals surface area contributed by atoms with Gasteiger partial charge in [-0.25, -0.2) is 0 Å². The molecule has 6 nitrogen and oxygen atoms in total. The van der Waals surface area contributed by atoms with Crippen molar-refractivity contribution >= 4 is 17.7 Å². The standard InChI is InChI=1S/C19H22F3N3O3/c1-23-7-8-24(12-17(23)27)18(28)14-5-6-16(26)25(11-14)10-13-3-2-4-15(9-13)19(20,21)22/h2-4,9,14H,5-8,10-12H2,1H3/t14-/m0/s1. The number of alkyl halides is 3. The molecule has 2 aliphatic rings. The molecule has 3 rings (SSSR count). The van der Waals surface area contributed by atoms with Crippen molar-refractivity contribution in [2.75, 3.05) is 33.2 Å². The van der Waals surface area contributed by atoms with E-state index in [9.17, 15) is 27.6 Å². The van der Waals surface area contributed by atoms with Gasteiger partial charge in [0, 0.05) is 39.6 Å². The zero-order chi connectivity index (χ0) is 20.5. The minimum absolute atomic E-state index is 0.0212. The lowest BCUT2D eigenvalue weighted by molar-refractivity contribution is -0.150. The summed E-state index contributed by atoms with van der Waals surface area (Å²) in [4.78, 5) is 41.3. The minimum atomic E-state index is -4.45. The lowest BCUT2D eigenvalue weighted by Crippen LogP contribution is -2.54. The van der Waals surface area contributed by atoms with Crippen LogP contribution in [0.1, 0.15) is 24.0 Å². The maximum atomic E-state index is 12.9. The highest BCUT2D eigenvalue weighted by atomic mass is 19.4. The van der Waals surface area contributed by atoms with Crippen LogP contribution >= 0.6 is 0 Å². The molecule has 28 heavy (non-hydrogen) atoms. The smallest absolute Gasteiger partial charge is 0.342 e. The lowest BCUT2D eigenvalue weighted by Gasteiger charge is -2.37. The number of likely N-dealkylation sites (N-methyl/N-ethyl adjacent to an activating group) is 1. The van der Waals surface area contributed by atoms with E-state index in [4.69, 9.17) is 0 Å². The summed E-state index contributed by atoms with van der Waals surface area (Å²) < 4.78 is 38.7. The molecule has 3 amide bonds. The molecule has 0 saturated carbocycles. The fourth-order valence-corrected chi connectivity index (χ4v) is 3.54. The normalized spacial score (nSPS) is 21.3. The van der Waals surface area contributed by atoms with E-state index in [0.29, 0.717) is 25.1 Å². The predicted molar refractivity (Wildman–Crippen MR) is 93.8 cm³/mol. The van der Waals surface area contributed by atoms with E-state index in [1.54, 1.807) is 11.9 Å². The molecule has 152 valence electrons. The summed E-state index contributed by atoms with van der Waals surface area (Å²) in [6.45, 7) is 1.10. The Hall–Kier alpha value is -2.58. The molecule has 2 aliphatic heterocycles. The van der Waals surface area contributed by atoms with Crippen LogP contribution in [0.25, 0.3) is 0 Å². The molecule has 0 bridgehead atoms. The number of benzene rings is 1. The van der Waals surface area contributed by atoms with E-state index < -0.39 is 17.7 Å². The van der Waals surface area contributed by atoms with E-state index in [-0.39, 0.29) is 43.8 Å². The highest BCUT2D eigenvalue weighted by Gasteiger charge is 2.35. The predicted octanol–water partition coefficient (Wildman–Crippen LogP) is 1.74. The second-order valence-corrected chi connectivity index (χ2v) is 7.28. The topological polar surface area (TPSA) is 60.9 Å². The van der Waals surface area contributed by atoms with Crippen molar-refractivity contribution in [3.8, 4) is 0 Å². The Morgan fingerprint density at radius 1 is 1.18 bits per heavy atom. The van der Waals surface area contributed by atoms with Crippen LogP contribution in [0.15, 0.2) is 24.3 Å². The van der Waals surface area contributed by atoms with Crippen molar-refractivity contribution < 1.29 is 27.6 Å². The van der Waals surface area contributed by atoms with Gasteiger partial charge in [0.15, 0.2) is 0 Å². The van der Waals surface area contributed by atoms with Crippen molar-refractivity contribution in [2.24, 2.45) is 5.92 Å². The van der Waals surface area contributed by atoms with Crippen LogP contribution in [0.4, 0.5) is 13.2 Å². The maximum Gasteiger partial charge on any atom is 0.416 e. The number of likely N-dealkylation sites (tertiary alicyclic amines) is 1. The first kappa shape index (κ1) is 20.2. The lowest BCUT2D eigenvalue weighted by atomic mass is 9.95. The number of nitrogens with zero attached hydrogens (tertiary/aromatic N) is 3. The van der Waals surface area contributed by atoms with E-state index in [2.05, 4.69) is 0 Å². The second kappa shape index (κ2) is 7.81. The van der Waals surface area contributed by atoms with Crippen molar-refractivity contribution in [1.29, 1.82) is 0 Å². The first-order valence-electron chi connectivity index (χ1n) is 9.12. The van der Waals surface area contributed by atoms with Gasteiger partial charge in [0.25, 0.3) is 0 Å². The molecule has 1 aromatic carbocycles. The number of piperidine rings is 1. The number of amides is 3. The summed E-state index contributed by atoms with van der Waals surface area (Å²) in [7, 11) is 1.68. The number of hydrogen-bond acceptors (Lipinski definition) is 3. The Labute approximate surface area is 160 Å². The first-order chi connectivity index (χ1) is 13.1. The summed E-state index contributed by atoms with van der Waals surface area (Å²) in [6, 6.07) is 4.86. The Kier molecular flexibility index (Phi) is 5.62. The SMILES string of the molecule is CN1CCN(C(=O)[C@H]2CCC(=O)N(Cc3cccc(C(F)(F)F)c3)C2)CC1=O. The van der Waals surface area contributed by atoms with Crippen molar-refractivity contribution in [3.05, 3.63) is 35.4 Å². The van der Waals surface area contributed by atoms with Gasteiger partial charge in [0.05, 0.1) is 18.0 Å². The van der Waals surface area contributed by atoms with Gasteiger partial charge in [0.1, 0.15) is 0 Å². The van der Waals surface area contributed by atoms with Crippen molar-refractivity contribution in [2.45, 2.75) is 25.6 Å². The Morgan fingerprint density at radius 2 is 1.93 bits per heavy atom. The summed E-state index contributed by atoms with van der Waals surface area (Å²) in [5, 5.41) is 0. The minimum Gasteiger partial charge on any atom is -0.342 e. The summed E-state index contributed by atoms with van der Waals surface area (Å²) in [5.41, 5.74) is -0.399. The average molecular weight is 397 g/mol. The molecule has 0 spiro atoms. The molecule has 2 heterocycles. The third-order valence-corrected chi connectivity index (χ3v) is 5.25. The zero-order valence-electron chi connectivity index (χ0n) is 15.5. The molecule has 0 aromatic heterocycles. The third-order valence-electron chi connectivity index (χ3n) is 5.25. The third kappa shape index (κ3) is 4.45. The van der Waals surface area contributed by atoms with Crippen molar-refractivity contribution in [1.82, 2.24) is 14.7 Å². The molecule has 0 N–H and O–H groups in total. The van der Waals surface area contributed by atoms with Crippen LogP contribution in [0, 0.1) is 5.92 Å². The van der Waals surface area contributed by atoms with E-state index in [0.717, 1.165) is 12.1 Å². The maximum absolute atomic E-state index is 12.9. The molecule has 9 heteroatoms. The van der Waals surface area contributed by atoms with Crippen LogP contribution in [0.5, 0.6) is 0 Å². The van der Waals surface area contributed by atoms with Crippen LogP contribution in [0.3, 0.4) is 0 Å². The Bertz CT molecular complexity index is 781. The molecule has 0 radical (unpaired) electrons. The first-order valence-corrected chi connectivity index (χ1v) is 9.12. The van der Waals surface area contributed by atoms with Gasteiger partial charge < -0.3 is 14.7 Å². The second-order valence-electron chi connectivity index (χ2n) is 7.28. The summed E-state index contributed by atoms with van der Waals surface area (Å²) in [5.74, 6) is -0.939. The van der Waals surface area contributed by atoms with Crippen molar-refractivity contribution in [3.63, 3.8) is 0 Å². The van der Waals surface area contributed by atoms with Crippen LogP contribution < -0.4 is 0 Å². The number of carbonyl (C=O) groups excluding carboxylic acids is 3. The summed E-state index contributed by atoms with van der Waals surface area (Å²) >= 11 is 0. The summed E-state index contributed by atoms with van der Waals surface area (Å²) in [6.07, 6.45) is -3.90. The van der Waals surface area contributed by atoms with Gasteiger partial charge in [-0.3, -0.25) is 14.4 Å². The molecule has 1 aromatic rings. The van der Waals surface area contributed by atoms with Crippen LogP contribution in [0.2, 0.25) is 0 Å². The largest absolute Gasteiger partial charge is 0.416 e. The molecule has 2 saturated heterocycles. The van der Waals surface area contributed by atoms with Gasteiger partial charge in [-0.2, -0.15) is 13.2 Å². The quantitative estimate of drug-likeness (QED) is 0.781. The fraction of sp³-hybridized carbons (Fsp3) is 0.526. The molecular formula is C19H22F3N3O3. The molecule has 2 fully saturated rings. The number of piperazine rings is 1. The Morgan fingerprint density at radius 3 is 2.61 bits per heavy atom. The highest BCUT2D eigenvalue weighted by Crippen LogP contribution is 2.30. The number of halogens is 3. The van der Waals surface area contributed by atoms with E-state index >= 15 is 0 Å². The van der Waals surface area contributed by atoms with E-state index in [1.165, 1.54) is 21.9 Å². The average Bonchev–Trinajstić information content (AvgIpc) is 2.65. The van der Waals surface area contributed by atoms with Crippen LogP contribution in [-0.2, 0) is 27.1 Å². The van der Waals surface area contributed by atoms with Gasteiger partial charge in [-0.1, -0.05) is 12.1 Å². The number of carbonyl (C=O) groups is 3. The zero-order valence-corrected chi connectivity index (χ0v) is 15.5. The van der Waals surface area contributed by atoms with Gasteiger partial charge in [-0.15, -0.1) is 0 Å². The molecule has 1 atom stereocenters. The monoisotopic (exact) mass is 397 g/mol. The number of hydrogen-bond donors (Lipinski definition) is 0. The number of rotatable bonds is 3. The van der Waals surface area contributed by atoms with Gasteiger partial charge in [-0.05, 0) is 24.1 Å². The van der Waals surface area contributed by atoms with Gasteiger partial charge in [0.2, 0.25) is 17.7 Å². The molecular weight excluding hydrogens is 375 g/mol.